The van der Waals surface area contributed by atoms with E-state index in [9.17, 15) is 4.79 Å². The minimum atomic E-state index is 0.101. The molecule has 118 valence electrons. The summed E-state index contributed by atoms with van der Waals surface area (Å²) in [5.41, 5.74) is 1.31. The van der Waals surface area contributed by atoms with E-state index in [0.717, 1.165) is 25.4 Å². The van der Waals surface area contributed by atoms with Crippen molar-refractivity contribution < 1.29 is 4.79 Å². The topological polar surface area (TPSA) is 46.1 Å². The molecule has 1 unspecified atom stereocenters. The van der Waals surface area contributed by atoms with Gasteiger partial charge in [0.1, 0.15) is 6.54 Å². The Labute approximate surface area is 128 Å². The lowest BCUT2D eigenvalue weighted by Gasteiger charge is -2.15. The van der Waals surface area contributed by atoms with Gasteiger partial charge in [-0.2, -0.15) is 0 Å². The van der Waals surface area contributed by atoms with Gasteiger partial charge < -0.3 is 15.2 Å². The van der Waals surface area contributed by atoms with Gasteiger partial charge in [0.15, 0.2) is 0 Å². The summed E-state index contributed by atoms with van der Waals surface area (Å²) >= 11 is 0. The van der Waals surface area contributed by atoms with Gasteiger partial charge in [-0.15, -0.1) is 0 Å². The number of nitrogens with zero attached hydrogens (tertiary/aromatic N) is 1. The molecule has 0 saturated heterocycles. The van der Waals surface area contributed by atoms with Gasteiger partial charge in [0, 0.05) is 25.0 Å². The Balaban J connectivity index is 1.83. The predicted octanol–water partition coefficient (Wildman–Crippen LogP) is 2.71. The summed E-state index contributed by atoms with van der Waals surface area (Å²) in [7, 11) is 0. The molecule has 2 rings (SSSR count). The number of hydrogen-bond donors (Lipinski definition) is 2. The Morgan fingerprint density at radius 1 is 1.43 bits per heavy atom. The Morgan fingerprint density at radius 2 is 2.19 bits per heavy atom. The number of nitrogens with one attached hydrogen (secondary N) is 2. The van der Waals surface area contributed by atoms with E-state index in [1.165, 1.54) is 18.4 Å². The number of hydrogen-bond acceptors (Lipinski definition) is 2. The van der Waals surface area contributed by atoms with Gasteiger partial charge in [0.05, 0.1) is 0 Å². The fourth-order valence-corrected chi connectivity index (χ4v) is 2.67. The molecular formula is C17H29N3O. The maximum Gasteiger partial charge on any atom is 0.239 e. The van der Waals surface area contributed by atoms with Crippen LogP contribution in [0.4, 0.5) is 0 Å². The van der Waals surface area contributed by atoms with Gasteiger partial charge >= 0.3 is 0 Å². The Hall–Kier alpha value is -1.29. The second-order valence-electron chi connectivity index (χ2n) is 6.52. The lowest BCUT2D eigenvalue weighted by molar-refractivity contribution is -0.121. The van der Waals surface area contributed by atoms with Crippen LogP contribution in [0, 0.1) is 11.8 Å². The normalized spacial score (nSPS) is 16.2. The van der Waals surface area contributed by atoms with E-state index in [2.05, 4.69) is 43.7 Å². The Morgan fingerprint density at radius 3 is 2.81 bits per heavy atom. The molecule has 0 radical (unpaired) electrons. The number of carbonyl (C=O) groups is 1. The van der Waals surface area contributed by atoms with Crippen LogP contribution in [0.3, 0.4) is 0 Å². The first kappa shape index (κ1) is 16.1. The van der Waals surface area contributed by atoms with Gasteiger partial charge in [-0.05, 0) is 49.3 Å². The van der Waals surface area contributed by atoms with Gasteiger partial charge in [0.2, 0.25) is 5.91 Å². The first-order valence-electron chi connectivity index (χ1n) is 8.26. The van der Waals surface area contributed by atoms with Crippen LogP contribution in [0.2, 0.25) is 0 Å². The summed E-state index contributed by atoms with van der Waals surface area (Å²) in [5, 5.41) is 6.55. The Kier molecular flexibility index (Phi) is 5.85. The third kappa shape index (κ3) is 5.20. The highest BCUT2D eigenvalue weighted by molar-refractivity contribution is 5.75. The van der Waals surface area contributed by atoms with Crippen LogP contribution in [0.25, 0.3) is 0 Å². The van der Waals surface area contributed by atoms with Crippen LogP contribution in [0.1, 0.15) is 51.6 Å². The molecule has 1 amide bonds. The molecule has 1 aliphatic rings. The molecule has 4 nitrogen and oxygen atoms in total. The number of amides is 1. The van der Waals surface area contributed by atoms with E-state index >= 15 is 0 Å². The van der Waals surface area contributed by atoms with Crippen molar-refractivity contribution in [2.75, 3.05) is 13.1 Å². The van der Waals surface area contributed by atoms with Crippen molar-refractivity contribution in [1.29, 1.82) is 0 Å². The first-order valence-corrected chi connectivity index (χ1v) is 8.26. The number of carbonyl (C=O) groups excluding carboxylic acids is 1. The molecular weight excluding hydrogens is 262 g/mol. The molecule has 1 fully saturated rings. The monoisotopic (exact) mass is 291 g/mol. The van der Waals surface area contributed by atoms with Crippen LogP contribution in [0.15, 0.2) is 18.5 Å². The molecule has 21 heavy (non-hydrogen) atoms. The van der Waals surface area contributed by atoms with E-state index in [4.69, 9.17) is 0 Å². The SMILES string of the molecule is CCNC(c1ccn(CC(=O)NCCC(C)C)c1)C1CC1. The lowest BCUT2D eigenvalue weighted by Crippen LogP contribution is -2.28. The zero-order chi connectivity index (χ0) is 15.2. The average molecular weight is 291 g/mol. The van der Waals surface area contributed by atoms with E-state index in [0.29, 0.717) is 18.5 Å². The molecule has 1 saturated carbocycles. The second-order valence-corrected chi connectivity index (χ2v) is 6.52. The molecule has 4 heteroatoms. The van der Waals surface area contributed by atoms with Crippen LogP contribution in [-0.4, -0.2) is 23.6 Å². The fourth-order valence-electron chi connectivity index (χ4n) is 2.67. The third-order valence-electron chi connectivity index (χ3n) is 4.02. The molecule has 1 aliphatic carbocycles. The molecule has 0 bridgehead atoms. The lowest BCUT2D eigenvalue weighted by atomic mass is 10.1. The van der Waals surface area contributed by atoms with Crippen molar-refractivity contribution in [2.24, 2.45) is 11.8 Å². The minimum Gasteiger partial charge on any atom is -0.355 e. The van der Waals surface area contributed by atoms with Crippen LogP contribution >= 0.6 is 0 Å². The zero-order valence-electron chi connectivity index (χ0n) is 13.6. The fraction of sp³-hybridized carbons (Fsp3) is 0.706. The predicted molar refractivity (Wildman–Crippen MR) is 86.0 cm³/mol. The summed E-state index contributed by atoms with van der Waals surface area (Å²) < 4.78 is 1.99. The first-order chi connectivity index (χ1) is 10.1. The molecule has 1 heterocycles. The van der Waals surface area contributed by atoms with Crippen molar-refractivity contribution >= 4 is 5.91 Å². The van der Waals surface area contributed by atoms with Crippen molar-refractivity contribution in [3.63, 3.8) is 0 Å². The zero-order valence-corrected chi connectivity index (χ0v) is 13.6. The highest BCUT2D eigenvalue weighted by Gasteiger charge is 2.32. The van der Waals surface area contributed by atoms with E-state index in [-0.39, 0.29) is 5.91 Å². The highest BCUT2D eigenvalue weighted by Crippen LogP contribution is 2.40. The molecule has 0 aliphatic heterocycles. The molecule has 2 N–H and O–H groups in total. The summed E-state index contributed by atoms with van der Waals surface area (Å²) in [6.07, 6.45) is 7.81. The summed E-state index contributed by atoms with van der Waals surface area (Å²) in [4.78, 5) is 11.9. The molecule has 1 aromatic heterocycles. The maximum absolute atomic E-state index is 11.9. The number of rotatable bonds is 9. The van der Waals surface area contributed by atoms with Crippen LogP contribution in [-0.2, 0) is 11.3 Å². The van der Waals surface area contributed by atoms with E-state index in [1.807, 2.05) is 10.8 Å². The van der Waals surface area contributed by atoms with Gasteiger partial charge in [-0.3, -0.25) is 4.79 Å². The van der Waals surface area contributed by atoms with Gasteiger partial charge in [-0.1, -0.05) is 20.8 Å². The van der Waals surface area contributed by atoms with Crippen LogP contribution < -0.4 is 10.6 Å². The number of aromatic nitrogens is 1. The smallest absolute Gasteiger partial charge is 0.239 e. The van der Waals surface area contributed by atoms with Crippen LogP contribution in [0.5, 0.6) is 0 Å². The minimum absolute atomic E-state index is 0.101. The summed E-state index contributed by atoms with van der Waals surface area (Å²) in [5.74, 6) is 1.51. The second kappa shape index (κ2) is 7.64. The molecule has 0 aromatic carbocycles. The molecule has 0 spiro atoms. The maximum atomic E-state index is 11.9. The average Bonchev–Trinajstić information content (AvgIpc) is 3.16. The molecule has 1 atom stereocenters. The standard InChI is InChI=1S/C17H29N3O/c1-4-18-17(14-5-6-14)15-8-10-20(11-15)12-16(21)19-9-7-13(2)3/h8,10-11,13-14,17-18H,4-7,9,12H2,1-3H3,(H,19,21). The van der Waals surface area contributed by atoms with Crippen molar-refractivity contribution in [1.82, 2.24) is 15.2 Å². The van der Waals surface area contributed by atoms with Gasteiger partial charge in [0.25, 0.3) is 0 Å². The summed E-state index contributed by atoms with van der Waals surface area (Å²) in [6.45, 7) is 8.66. The quantitative estimate of drug-likeness (QED) is 0.735. The van der Waals surface area contributed by atoms with E-state index < -0.39 is 0 Å². The van der Waals surface area contributed by atoms with Crippen molar-refractivity contribution in [3.05, 3.63) is 24.0 Å². The highest BCUT2D eigenvalue weighted by atomic mass is 16.1. The van der Waals surface area contributed by atoms with Crippen molar-refractivity contribution in [2.45, 2.75) is 52.6 Å². The van der Waals surface area contributed by atoms with Crippen molar-refractivity contribution in [3.8, 4) is 0 Å². The van der Waals surface area contributed by atoms with E-state index in [1.54, 1.807) is 0 Å². The third-order valence-corrected chi connectivity index (χ3v) is 4.02. The van der Waals surface area contributed by atoms with Gasteiger partial charge in [-0.25, -0.2) is 0 Å². The summed E-state index contributed by atoms with van der Waals surface area (Å²) in [6, 6.07) is 2.60. The largest absolute Gasteiger partial charge is 0.355 e. The Bertz CT molecular complexity index is 449. The molecule has 1 aromatic rings.